The van der Waals surface area contributed by atoms with Gasteiger partial charge in [-0.25, -0.2) is 0 Å². The van der Waals surface area contributed by atoms with Gasteiger partial charge in [-0.2, -0.15) is 0 Å². The van der Waals surface area contributed by atoms with Crippen molar-refractivity contribution in [1.82, 2.24) is 5.32 Å². The van der Waals surface area contributed by atoms with E-state index in [0.29, 0.717) is 18.9 Å². The highest BCUT2D eigenvalue weighted by atomic mass is 16.2. The Bertz CT molecular complexity index is 1120. The molecule has 0 saturated heterocycles. The van der Waals surface area contributed by atoms with Crippen LogP contribution >= 0.6 is 0 Å². The Labute approximate surface area is 195 Å². The monoisotopic (exact) mass is 438 g/mol. The number of anilines is 1. The molecule has 0 spiro atoms. The van der Waals surface area contributed by atoms with Crippen molar-refractivity contribution in [3.05, 3.63) is 107 Å². The third-order valence-electron chi connectivity index (χ3n) is 5.80. The first-order valence-corrected chi connectivity index (χ1v) is 11.5. The lowest BCUT2D eigenvalue weighted by molar-refractivity contribution is -0.120. The van der Waals surface area contributed by atoms with Crippen LogP contribution in [0.5, 0.6) is 0 Å². The summed E-state index contributed by atoms with van der Waals surface area (Å²) >= 11 is 0. The molecular weight excluding hydrogens is 408 g/mol. The van der Waals surface area contributed by atoms with Crippen LogP contribution in [-0.2, 0) is 22.6 Å². The fourth-order valence-electron chi connectivity index (χ4n) is 3.73. The fourth-order valence-corrected chi connectivity index (χ4v) is 3.73. The average Bonchev–Trinajstić information content (AvgIpc) is 3.66. The van der Waals surface area contributed by atoms with Gasteiger partial charge < -0.3 is 10.2 Å². The van der Waals surface area contributed by atoms with Crippen LogP contribution in [0.2, 0.25) is 0 Å². The third kappa shape index (κ3) is 6.91. The van der Waals surface area contributed by atoms with Gasteiger partial charge in [0.1, 0.15) is 0 Å². The molecule has 0 unspecified atom stereocenters. The van der Waals surface area contributed by atoms with Crippen LogP contribution in [0.4, 0.5) is 5.69 Å². The van der Waals surface area contributed by atoms with E-state index < -0.39 is 0 Å². The fraction of sp³-hybridized carbons (Fsp3) is 0.241. The molecule has 0 heterocycles. The molecule has 0 radical (unpaired) electrons. The van der Waals surface area contributed by atoms with Crippen molar-refractivity contribution in [2.24, 2.45) is 5.92 Å². The molecule has 1 aliphatic carbocycles. The lowest BCUT2D eigenvalue weighted by Crippen LogP contribution is -2.29. The Morgan fingerprint density at radius 3 is 2.39 bits per heavy atom. The van der Waals surface area contributed by atoms with E-state index in [1.807, 2.05) is 85.8 Å². The highest BCUT2D eigenvalue weighted by Gasteiger charge is 2.21. The first-order chi connectivity index (χ1) is 16.1. The molecule has 0 aliphatic heterocycles. The molecule has 4 heteroatoms. The number of hydrogen-bond acceptors (Lipinski definition) is 2. The van der Waals surface area contributed by atoms with Crippen LogP contribution in [0.15, 0.2) is 84.9 Å². The van der Waals surface area contributed by atoms with E-state index in [0.717, 1.165) is 34.5 Å². The second-order valence-electron chi connectivity index (χ2n) is 8.75. The summed E-state index contributed by atoms with van der Waals surface area (Å²) in [4.78, 5) is 27.1. The van der Waals surface area contributed by atoms with Gasteiger partial charge in [-0.1, -0.05) is 72.3 Å². The van der Waals surface area contributed by atoms with E-state index in [2.05, 4.69) is 11.4 Å². The zero-order valence-corrected chi connectivity index (χ0v) is 19.0. The number of hydrogen-bond donors (Lipinski definition) is 1. The number of benzene rings is 3. The third-order valence-corrected chi connectivity index (χ3v) is 5.80. The van der Waals surface area contributed by atoms with Crippen molar-refractivity contribution < 1.29 is 9.59 Å². The molecule has 33 heavy (non-hydrogen) atoms. The van der Waals surface area contributed by atoms with Gasteiger partial charge in [0.25, 0.3) is 5.91 Å². The summed E-state index contributed by atoms with van der Waals surface area (Å²) < 4.78 is 0. The molecule has 1 aliphatic rings. The zero-order chi connectivity index (χ0) is 23.0. The summed E-state index contributed by atoms with van der Waals surface area (Å²) in [5, 5.41) is 3.01. The largest absolute Gasteiger partial charge is 0.356 e. The van der Waals surface area contributed by atoms with E-state index in [1.54, 1.807) is 11.0 Å². The Morgan fingerprint density at radius 2 is 1.70 bits per heavy atom. The van der Waals surface area contributed by atoms with Crippen molar-refractivity contribution in [1.29, 1.82) is 0 Å². The molecule has 3 aromatic rings. The summed E-state index contributed by atoms with van der Waals surface area (Å²) in [5.74, 6) is 0.630. The maximum Gasteiger partial charge on any atom is 0.251 e. The van der Waals surface area contributed by atoms with Gasteiger partial charge in [-0.05, 0) is 60.6 Å². The second kappa shape index (κ2) is 10.8. The molecule has 0 atom stereocenters. The number of carbonyl (C=O) groups is 2. The summed E-state index contributed by atoms with van der Waals surface area (Å²) in [5.41, 5.74) is 4.96. The number of nitrogens with zero attached hydrogens (tertiary/aromatic N) is 1. The van der Waals surface area contributed by atoms with Gasteiger partial charge in [-0.15, -0.1) is 0 Å². The number of amides is 2. The Morgan fingerprint density at radius 1 is 0.939 bits per heavy atom. The van der Waals surface area contributed by atoms with Gasteiger partial charge in [0.15, 0.2) is 0 Å². The molecule has 4 rings (SSSR count). The highest BCUT2D eigenvalue weighted by Crippen LogP contribution is 2.27. The van der Waals surface area contributed by atoms with Gasteiger partial charge >= 0.3 is 0 Å². The van der Waals surface area contributed by atoms with Crippen molar-refractivity contribution in [2.45, 2.75) is 32.7 Å². The summed E-state index contributed by atoms with van der Waals surface area (Å²) in [7, 11) is 0. The lowest BCUT2D eigenvalue weighted by Gasteiger charge is -2.22. The second-order valence-corrected chi connectivity index (χ2v) is 8.75. The standard InChI is InChI=1S/C29H30N2O2/c1-22-6-5-9-26(18-22)21-31(29(33)17-14-23-7-3-2-4-8-23)27-15-12-24(13-16-27)19-28(32)30-20-25-10-11-25/h2-9,12-18,25H,10-11,19-21H2,1H3,(H,30,32)/b17-14+. The molecular formula is C29H30N2O2. The van der Waals surface area contributed by atoms with E-state index >= 15 is 0 Å². The minimum atomic E-state index is -0.0877. The van der Waals surface area contributed by atoms with E-state index in [9.17, 15) is 9.59 Å². The molecule has 3 aromatic carbocycles. The van der Waals surface area contributed by atoms with Crippen molar-refractivity contribution in [3.8, 4) is 0 Å². The van der Waals surface area contributed by atoms with Crippen LogP contribution in [0, 0.1) is 12.8 Å². The van der Waals surface area contributed by atoms with Crippen molar-refractivity contribution in [2.75, 3.05) is 11.4 Å². The van der Waals surface area contributed by atoms with Crippen LogP contribution in [0.25, 0.3) is 6.08 Å². The van der Waals surface area contributed by atoms with Crippen LogP contribution < -0.4 is 10.2 Å². The first-order valence-electron chi connectivity index (χ1n) is 11.5. The zero-order valence-electron chi connectivity index (χ0n) is 19.0. The highest BCUT2D eigenvalue weighted by molar-refractivity contribution is 6.03. The molecule has 4 nitrogen and oxygen atoms in total. The topological polar surface area (TPSA) is 49.4 Å². The normalized spacial score (nSPS) is 13.1. The lowest BCUT2D eigenvalue weighted by atomic mass is 10.1. The maximum atomic E-state index is 13.2. The summed E-state index contributed by atoms with van der Waals surface area (Å²) in [6, 6.07) is 25.7. The molecule has 1 N–H and O–H groups in total. The van der Waals surface area contributed by atoms with Crippen LogP contribution in [-0.4, -0.2) is 18.4 Å². The predicted molar refractivity (Wildman–Crippen MR) is 134 cm³/mol. The molecule has 168 valence electrons. The predicted octanol–water partition coefficient (Wildman–Crippen LogP) is 5.31. The van der Waals surface area contributed by atoms with Gasteiger partial charge in [0.2, 0.25) is 5.91 Å². The SMILES string of the molecule is Cc1cccc(CN(C(=O)/C=C/c2ccccc2)c2ccc(CC(=O)NCC3CC3)cc2)c1. The molecule has 0 aromatic heterocycles. The molecule has 2 amide bonds. The Balaban J connectivity index is 1.49. The molecule has 1 saturated carbocycles. The number of nitrogens with one attached hydrogen (secondary N) is 1. The summed E-state index contributed by atoms with van der Waals surface area (Å²) in [6.45, 7) is 3.30. The van der Waals surface area contributed by atoms with E-state index in [1.165, 1.54) is 12.8 Å². The molecule has 0 bridgehead atoms. The van der Waals surface area contributed by atoms with Gasteiger partial charge in [0.05, 0.1) is 13.0 Å². The number of aryl methyl sites for hydroxylation is 1. The van der Waals surface area contributed by atoms with Crippen molar-refractivity contribution in [3.63, 3.8) is 0 Å². The quantitative estimate of drug-likeness (QED) is 0.460. The maximum absolute atomic E-state index is 13.2. The van der Waals surface area contributed by atoms with Gasteiger partial charge in [0, 0.05) is 18.3 Å². The van der Waals surface area contributed by atoms with Crippen LogP contribution in [0.3, 0.4) is 0 Å². The molecule has 1 fully saturated rings. The van der Waals surface area contributed by atoms with E-state index in [-0.39, 0.29) is 11.8 Å². The number of rotatable bonds is 9. The first kappa shape index (κ1) is 22.5. The Kier molecular flexibility index (Phi) is 7.36. The Hall–Kier alpha value is -3.66. The minimum absolute atomic E-state index is 0.0492. The smallest absolute Gasteiger partial charge is 0.251 e. The van der Waals surface area contributed by atoms with Gasteiger partial charge in [-0.3, -0.25) is 9.59 Å². The van der Waals surface area contributed by atoms with E-state index in [4.69, 9.17) is 0 Å². The van der Waals surface area contributed by atoms with Crippen LogP contribution in [0.1, 0.15) is 35.1 Å². The average molecular weight is 439 g/mol. The van der Waals surface area contributed by atoms with Crippen molar-refractivity contribution >= 4 is 23.6 Å². The summed E-state index contributed by atoms with van der Waals surface area (Å²) in [6.07, 6.45) is 6.25. The minimum Gasteiger partial charge on any atom is -0.356 e. The number of carbonyl (C=O) groups excluding carboxylic acids is 2.